The zero-order valence-electron chi connectivity index (χ0n) is 12.9. The van der Waals surface area contributed by atoms with Crippen molar-refractivity contribution in [3.63, 3.8) is 0 Å². The van der Waals surface area contributed by atoms with Crippen LogP contribution in [0.1, 0.15) is 0 Å². The van der Waals surface area contributed by atoms with Gasteiger partial charge in [-0.05, 0) is 30.3 Å². The number of nitrogen functional groups attached to an aromatic ring is 1. The molecule has 0 aliphatic heterocycles. The van der Waals surface area contributed by atoms with E-state index in [1.807, 2.05) is 30.3 Å². The van der Waals surface area contributed by atoms with Crippen LogP contribution in [0.2, 0.25) is 0 Å². The standard InChI is InChI=1S/C16H14N8O/c17-13-22-14(18-9-4-2-1-3-5-9)24-15(23-13)19-10-6-7-11-12(8-10)21-16(25)20-11/h1-8H,(H2,20,21,25)(H4,17,18,19,22,23,24). The predicted octanol–water partition coefficient (Wildman–Crippen LogP) is 2.11. The van der Waals surface area contributed by atoms with E-state index in [2.05, 4.69) is 35.6 Å². The molecule has 6 N–H and O–H groups in total. The lowest BCUT2D eigenvalue weighted by atomic mass is 10.3. The number of anilines is 5. The Bertz CT molecular complexity index is 1090. The quantitative estimate of drug-likeness (QED) is 0.385. The number of rotatable bonds is 4. The van der Waals surface area contributed by atoms with Crippen LogP contribution in [0.3, 0.4) is 0 Å². The minimum atomic E-state index is -0.258. The molecule has 0 amide bonds. The van der Waals surface area contributed by atoms with Crippen molar-refractivity contribution in [3.05, 3.63) is 59.0 Å². The molecular weight excluding hydrogens is 320 g/mol. The largest absolute Gasteiger partial charge is 0.368 e. The lowest BCUT2D eigenvalue weighted by Gasteiger charge is -2.09. The summed E-state index contributed by atoms with van der Waals surface area (Å²) in [5, 5.41) is 6.12. The maximum Gasteiger partial charge on any atom is 0.323 e. The molecule has 25 heavy (non-hydrogen) atoms. The summed E-state index contributed by atoms with van der Waals surface area (Å²) in [7, 11) is 0. The summed E-state index contributed by atoms with van der Waals surface area (Å²) in [4.78, 5) is 29.2. The van der Waals surface area contributed by atoms with E-state index in [0.29, 0.717) is 23.1 Å². The van der Waals surface area contributed by atoms with Gasteiger partial charge in [0, 0.05) is 11.4 Å². The Kier molecular flexibility index (Phi) is 3.51. The number of para-hydroxylation sites is 1. The van der Waals surface area contributed by atoms with E-state index in [9.17, 15) is 4.79 Å². The van der Waals surface area contributed by atoms with Gasteiger partial charge in [0.2, 0.25) is 17.8 Å². The minimum absolute atomic E-state index is 0.0899. The molecule has 4 rings (SSSR count). The summed E-state index contributed by atoms with van der Waals surface area (Å²) in [6.45, 7) is 0. The van der Waals surface area contributed by atoms with E-state index in [1.165, 1.54) is 0 Å². The van der Waals surface area contributed by atoms with Crippen molar-refractivity contribution in [2.45, 2.75) is 0 Å². The van der Waals surface area contributed by atoms with Gasteiger partial charge in [0.15, 0.2) is 0 Å². The molecule has 2 aromatic carbocycles. The number of fused-ring (bicyclic) bond motifs is 1. The molecule has 0 radical (unpaired) electrons. The predicted molar refractivity (Wildman–Crippen MR) is 96.2 cm³/mol. The average Bonchev–Trinajstić information content (AvgIpc) is 2.94. The van der Waals surface area contributed by atoms with Crippen molar-refractivity contribution in [2.24, 2.45) is 0 Å². The molecule has 0 fully saturated rings. The fourth-order valence-electron chi connectivity index (χ4n) is 2.39. The van der Waals surface area contributed by atoms with Gasteiger partial charge >= 0.3 is 5.69 Å². The van der Waals surface area contributed by atoms with Gasteiger partial charge in [0.05, 0.1) is 11.0 Å². The van der Waals surface area contributed by atoms with Gasteiger partial charge in [-0.25, -0.2) is 4.79 Å². The van der Waals surface area contributed by atoms with E-state index in [1.54, 1.807) is 18.2 Å². The van der Waals surface area contributed by atoms with E-state index < -0.39 is 0 Å². The highest BCUT2D eigenvalue weighted by molar-refractivity contribution is 5.79. The second-order valence-corrected chi connectivity index (χ2v) is 5.30. The maximum absolute atomic E-state index is 11.3. The molecule has 0 saturated heterocycles. The van der Waals surface area contributed by atoms with Crippen molar-refractivity contribution in [3.8, 4) is 0 Å². The van der Waals surface area contributed by atoms with Crippen LogP contribution in [0, 0.1) is 0 Å². The SMILES string of the molecule is Nc1nc(Nc2ccccc2)nc(Nc2ccc3[nH]c(=O)[nH]c3c2)n1. The Morgan fingerprint density at radius 1 is 0.800 bits per heavy atom. The molecule has 4 aromatic rings. The monoisotopic (exact) mass is 334 g/mol. The van der Waals surface area contributed by atoms with Crippen LogP contribution >= 0.6 is 0 Å². The highest BCUT2D eigenvalue weighted by atomic mass is 16.1. The van der Waals surface area contributed by atoms with Crippen LogP contribution in [0.4, 0.5) is 29.2 Å². The number of aromatic amines is 2. The first-order valence-corrected chi connectivity index (χ1v) is 7.48. The number of nitrogens with two attached hydrogens (primary N) is 1. The van der Waals surface area contributed by atoms with Gasteiger partial charge in [0.1, 0.15) is 0 Å². The Morgan fingerprint density at radius 3 is 2.24 bits per heavy atom. The normalized spacial score (nSPS) is 10.7. The third-order valence-electron chi connectivity index (χ3n) is 3.45. The summed E-state index contributed by atoms with van der Waals surface area (Å²) in [5.74, 6) is 0.715. The van der Waals surface area contributed by atoms with Crippen molar-refractivity contribution in [2.75, 3.05) is 16.4 Å². The zero-order valence-corrected chi connectivity index (χ0v) is 12.9. The number of benzene rings is 2. The van der Waals surface area contributed by atoms with Crippen LogP contribution in [0.5, 0.6) is 0 Å². The molecule has 0 atom stereocenters. The summed E-state index contributed by atoms with van der Waals surface area (Å²) in [5.41, 5.74) is 8.45. The Balaban J connectivity index is 1.61. The fourth-order valence-corrected chi connectivity index (χ4v) is 2.39. The molecule has 124 valence electrons. The van der Waals surface area contributed by atoms with Gasteiger partial charge in [-0.1, -0.05) is 18.2 Å². The molecule has 0 aliphatic carbocycles. The first-order chi connectivity index (χ1) is 12.2. The summed E-state index contributed by atoms with van der Waals surface area (Å²) >= 11 is 0. The second kappa shape index (κ2) is 5.96. The lowest BCUT2D eigenvalue weighted by Crippen LogP contribution is -2.06. The molecule has 0 spiro atoms. The third-order valence-corrected chi connectivity index (χ3v) is 3.45. The number of imidazole rings is 1. The summed E-state index contributed by atoms with van der Waals surface area (Å²) in [6.07, 6.45) is 0. The number of hydrogen-bond donors (Lipinski definition) is 5. The number of H-pyrrole nitrogens is 2. The number of hydrogen-bond acceptors (Lipinski definition) is 7. The van der Waals surface area contributed by atoms with Gasteiger partial charge in [-0.2, -0.15) is 15.0 Å². The van der Waals surface area contributed by atoms with Crippen LogP contribution in [-0.2, 0) is 0 Å². The van der Waals surface area contributed by atoms with E-state index in [-0.39, 0.29) is 11.6 Å². The van der Waals surface area contributed by atoms with E-state index >= 15 is 0 Å². The number of nitrogens with one attached hydrogen (secondary N) is 4. The summed E-state index contributed by atoms with van der Waals surface area (Å²) < 4.78 is 0. The molecular formula is C16H14N8O. The molecule has 0 aliphatic rings. The third kappa shape index (κ3) is 3.24. The molecule has 9 heteroatoms. The smallest absolute Gasteiger partial charge is 0.323 e. The number of aromatic nitrogens is 5. The first-order valence-electron chi connectivity index (χ1n) is 7.48. The average molecular weight is 334 g/mol. The van der Waals surface area contributed by atoms with Gasteiger partial charge < -0.3 is 26.3 Å². The maximum atomic E-state index is 11.3. The van der Waals surface area contributed by atoms with Crippen molar-refractivity contribution >= 4 is 40.3 Å². The molecule has 0 saturated carbocycles. The van der Waals surface area contributed by atoms with Crippen molar-refractivity contribution in [1.29, 1.82) is 0 Å². The van der Waals surface area contributed by atoms with E-state index in [4.69, 9.17) is 5.73 Å². The number of nitrogens with zero attached hydrogens (tertiary/aromatic N) is 3. The molecule has 9 nitrogen and oxygen atoms in total. The van der Waals surface area contributed by atoms with Crippen LogP contribution in [0.25, 0.3) is 11.0 Å². The van der Waals surface area contributed by atoms with E-state index in [0.717, 1.165) is 11.2 Å². The lowest BCUT2D eigenvalue weighted by molar-refractivity contribution is 1.07. The fraction of sp³-hybridized carbons (Fsp3) is 0. The second-order valence-electron chi connectivity index (χ2n) is 5.30. The Morgan fingerprint density at radius 2 is 1.48 bits per heavy atom. The van der Waals surface area contributed by atoms with Crippen LogP contribution < -0.4 is 22.1 Å². The minimum Gasteiger partial charge on any atom is -0.368 e. The van der Waals surface area contributed by atoms with Crippen molar-refractivity contribution in [1.82, 2.24) is 24.9 Å². The Hall–Kier alpha value is -3.88. The van der Waals surface area contributed by atoms with Gasteiger partial charge in [-0.15, -0.1) is 0 Å². The Labute approximate surface area is 141 Å². The van der Waals surface area contributed by atoms with Gasteiger partial charge in [0.25, 0.3) is 0 Å². The highest BCUT2D eigenvalue weighted by Crippen LogP contribution is 2.19. The molecule has 2 aromatic heterocycles. The highest BCUT2D eigenvalue weighted by Gasteiger charge is 2.06. The molecule has 0 unspecified atom stereocenters. The summed E-state index contributed by atoms with van der Waals surface area (Å²) in [6, 6.07) is 14.9. The van der Waals surface area contributed by atoms with Crippen LogP contribution in [-0.4, -0.2) is 24.9 Å². The van der Waals surface area contributed by atoms with Crippen molar-refractivity contribution < 1.29 is 0 Å². The zero-order chi connectivity index (χ0) is 17.2. The molecule has 0 bridgehead atoms. The first kappa shape index (κ1) is 14.7. The van der Waals surface area contributed by atoms with Gasteiger partial charge in [-0.3, -0.25) is 0 Å². The molecule has 2 heterocycles. The van der Waals surface area contributed by atoms with Crippen LogP contribution in [0.15, 0.2) is 53.3 Å². The topological polar surface area (TPSA) is 137 Å².